The van der Waals surface area contributed by atoms with Crippen molar-refractivity contribution in [3.8, 4) is 17.6 Å². The van der Waals surface area contributed by atoms with Crippen molar-refractivity contribution in [1.29, 1.82) is 0 Å². The van der Waals surface area contributed by atoms with Gasteiger partial charge in [-0.1, -0.05) is 54.3 Å². The summed E-state index contributed by atoms with van der Waals surface area (Å²) in [6.07, 6.45) is 4.08. The topological polar surface area (TPSA) is 12.5 Å². The van der Waals surface area contributed by atoms with E-state index in [0.29, 0.717) is 5.56 Å². The Balaban J connectivity index is 1.99. The highest BCUT2D eigenvalue weighted by molar-refractivity contribution is 6.56. The second kappa shape index (κ2) is 11.5. The molecule has 2 aromatic rings. The van der Waals surface area contributed by atoms with E-state index in [1.807, 2.05) is 31.2 Å². The molecule has 2 nitrogen and oxygen atoms in total. The van der Waals surface area contributed by atoms with Crippen molar-refractivity contribution < 1.29 is 9.13 Å². The van der Waals surface area contributed by atoms with Crippen molar-refractivity contribution in [2.24, 2.45) is 5.41 Å². The van der Waals surface area contributed by atoms with Gasteiger partial charge in [0, 0.05) is 18.5 Å². The first-order valence-corrected chi connectivity index (χ1v) is 12.8. The third-order valence-electron chi connectivity index (χ3n) is 5.01. The van der Waals surface area contributed by atoms with Crippen LogP contribution in [0.25, 0.3) is 0 Å². The molecular weight excluding hydrogens is 413 g/mol. The second-order valence-corrected chi connectivity index (χ2v) is 12.9. The van der Waals surface area contributed by atoms with Gasteiger partial charge in [0.15, 0.2) is 0 Å². The van der Waals surface area contributed by atoms with Gasteiger partial charge in [-0.15, -0.1) is 0 Å². The van der Waals surface area contributed by atoms with E-state index >= 15 is 0 Å². The Bertz CT molecular complexity index is 979. The Morgan fingerprint density at radius 2 is 1.84 bits per heavy atom. The van der Waals surface area contributed by atoms with Crippen LogP contribution in [0.5, 0.6) is 5.75 Å². The molecule has 0 aliphatic heterocycles. The van der Waals surface area contributed by atoms with Crippen LogP contribution in [0.15, 0.2) is 54.6 Å². The van der Waals surface area contributed by atoms with E-state index in [1.165, 1.54) is 10.8 Å². The lowest BCUT2D eigenvalue weighted by atomic mass is 9.98. The van der Waals surface area contributed by atoms with Crippen LogP contribution in [0.3, 0.4) is 0 Å². The lowest BCUT2D eigenvalue weighted by Gasteiger charge is -2.27. The molecule has 0 unspecified atom stereocenters. The molecule has 0 spiro atoms. The third kappa shape index (κ3) is 9.42. The van der Waals surface area contributed by atoms with Crippen molar-refractivity contribution in [2.75, 3.05) is 13.1 Å². The average molecular weight is 452 g/mol. The summed E-state index contributed by atoms with van der Waals surface area (Å²) in [4.78, 5) is 2.37. The van der Waals surface area contributed by atoms with E-state index in [1.54, 1.807) is 6.07 Å². The van der Waals surface area contributed by atoms with Gasteiger partial charge >= 0.3 is 0 Å². The molecule has 0 fully saturated rings. The number of ether oxygens (including phenoxy) is 1. The first kappa shape index (κ1) is 25.9. The van der Waals surface area contributed by atoms with Gasteiger partial charge in [0.05, 0.1) is 5.22 Å². The van der Waals surface area contributed by atoms with E-state index < -0.39 is 9.52 Å². The number of hydrogen-bond donors (Lipinski definition) is 0. The van der Waals surface area contributed by atoms with Crippen LogP contribution in [-0.4, -0.2) is 32.7 Å². The average Bonchev–Trinajstić information content (AvgIpc) is 2.68. The molecule has 0 saturated heterocycles. The van der Waals surface area contributed by atoms with Crippen LogP contribution in [0, 0.1) is 30.0 Å². The van der Waals surface area contributed by atoms with Gasteiger partial charge < -0.3 is 4.74 Å². The molecule has 2 aromatic carbocycles. The van der Waals surface area contributed by atoms with Gasteiger partial charge in [-0.2, -0.15) is 0 Å². The van der Waals surface area contributed by atoms with Gasteiger partial charge in [0.25, 0.3) is 0 Å². The van der Waals surface area contributed by atoms with Gasteiger partial charge in [-0.05, 0) is 83.5 Å². The summed E-state index contributed by atoms with van der Waals surface area (Å²) < 4.78 is 20.0. The summed E-state index contributed by atoms with van der Waals surface area (Å²) in [6, 6.07) is 13.8. The Labute approximate surface area is 196 Å². The summed E-state index contributed by atoms with van der Waals surface area (Å²) >= 11 is 0. The molecule has 0 amide bonds. The molecule has 172 valence electrons. The lowest BCUT2D eigenvalue weighted by Crippen LogP contribution is -2.42. The maximum atomic E-state index is 13.6. The molecular formula is C28H38FNOSi. The molecule has 0 radical (unpaired) electrons. The predicted molar refractivity (Wildman–Crippen MR) is 138 cm³/mol. The first-order chi connectivity index (χ1) is 15.0. The van der Waals surface area contributed by atoms with Crippen LogP contribution in [-0.2, 0) is 6.54 Å². The van der Waals surface area contributed by atoms with E-state index in [-0.39, 0.29) is 16.5 Å². The molecule has 0 aliphatic carbocycles. The van der Waals surface area contributed by atoms with Crippen LogP contribution >= 0.6 is 0 Å². The monoisotopic (exact) mass is 451 g/mol. The number of likely N-dealkylation sites (N-methyl/N-ethyl adjacent to an activating group) is 1. The third-order valence-corrected chi connectivity index (χ3v) is 6.85. The first-order valence-electron chi connectivity index (χ1n) is 11.4. The van der Waals surface area contributed by atoms with Gasteiger partial charge in [-0.3, -0.25) is 4.90 Å². The normalized spacial score (nSPS) is 12.5. The lowest BCUT2D eigenvalue weighted by molar-refractivity contribution is 0.195. The molecule has 32 heavy (non-hydrogen) atoms. The number of hydrogen-bond acceptors (Lipinski definition) is 2. The smallest absolute Gasteiger partial charge is 0.126 e. The van der Waals surface area contributed by atoms with Crippen LogP contribution in [0.2, 0.25) is 0 Å². The Kier molecular flexibility index (Phi) is 9.30. The second-order valence-electron chi connectivity index (χ2n) is 10.0. The van der Waals surface area contributed by atoms with Gasteiger partial charge in [0.1, 0.15) is 21.1 Å². The summed E-state index contributed by atoms with van der Waals surface area (Å²) in [5.74, 6) is 7.11. The zero-order chi connectivity index (χ0) is 23.8. The molecule has 0 N–H and O–H groups in total. The SMILES string of the molecule is CCN(CC=CC#CC(C)(C)C)Cc1cccc(OC(C)(C)[SiH2]c2ccc(F)c(C)c2)c1. The number of allylic oxidation sites excluding steroid dienone is 1. The zero-order valence-corrected chi connectivity index (χ0v) is 22.2. The minimum absolute atomic E-state index is 0.0292. The van der Waals surface area contributed by atoms with Crippen molar-refractivity contribution in [3.63, 3.8) is 0 Å². The summed E-state index contributed by atoms with van der Waals surface area (Å²) in [5.41, 5.74) is 1.96. The fourth-order valence-electron chi connectivity index (χ4n) is 3.45. The molecule has 0 aromatic heterocycles. The van der Waals surface area contributed by atoms with E-state index in [0.717, 1.165) is 25.4 Å². The quantitative estimate of drug-likeness (QED) is 0.385. The largest absolute Gasteiger partial charge is 0.492 e. The molecule has 0 atom stereocenters. The molecule has 4 heteroatoms. The van der Waals surface area contributed by atoms with E-state index in [4.69, 9.17) is 4.74 Å². The number of halogens is 1. The molecule has 0 saturated carbocycles. The van der Waals surface area contributed by atoms with Crippen molar-refractivity contribution in [3.05, 3.63) is 71.6 Å². The van der Waals surface area contributed by atoms with Gasteiger partial charge in [0.2, 0.25) is 0 Å². The fraction of sp³-hybridized carbons (Fsp3) is 0.429. The number of nitrogens with zero attached hydrogens (tertiary/aromatic N) is 1. The summed E-state index contributed by atoms with van der Waals surface area (Å²) in [6.45, 7) is 17.3. The van der Waals surface area contributed by atoms with Crippen molar-refractivity contribution >= 4 is 14.7 Å². The van der Waals surface area contributed by atoms with Crippen molar-refractivity contribution in [1.82, 2.24) is 4.90 Å². The standard InChI is InChI=1S/C28H38FNOSi/c1-8-30(18-11-9-10-17-27(3,4)5)21-23-13-12-14-24(20-23)31-28(6,7)32-25-15-16-26(29)22(2)19-25/h9,11-16,19-20H,8,18,21,32H2,1-7H3. The highest BCUT2D eigenvalue weighted by atomic mass is 28.2. The number of rotatable bonds is 9. The number of benzene rings is 2. The van der Waals surface area contributed by atoms with E-state index in [2.05, 4.69) is 82.6 Å². The Morgan fingerprint density at radius 1 is 1.09 bits per heavy atom. The van der Waals surface area contributed by atoms with Crippen molar-refractivity contribution in [2.45, 2.75) is 60.2 Å². The maximum Gasteiger partial charge on any atom is 0.126 e. The van der Waals surface area contributed by atoms with E-state index in [9.17, 15) is 4.39 Å². The number of aryl methyl sites for hydroxylation is 1. The van der Waals surface area contributed by atoms with Crippen LogP contribution in [0.1, 0.15) is 52.7 Å². The predicted octanol–water partition coefficient (Wildman–Crippen LogP) is 5.17. The summed E-state index contributed by atoms with van der Waals surface area (Å²) in [5, 5.41) is 0.950. The van der Waals surface area contributed by atoms with Crippen LogP contribution < -0.4 is 9.92 Å². The Morgan fingerprint density at radius 3 is 2.50 bits per heavy atom. The summed E-state index contributed by atoms with van der Waals surface area (Å²) in [7, 11) is -0.751. The van der Waals surface area contributed by atoms with Gasteiger partial charge in [-0.25, -0.2) is 4.39 Å². The zero-order valence-electron chi connectivity index (χ0n) is 20.8. The maximum absolute atomic E-state index is 13.6. The molecule has 2 rings (SSSR count). The molecule has 0 bridgehead atoms. The Hall–Kier alpha value is -2.35. The highest BCUT2D eigenvalue weighted by Crippen LogP contribution is 2.20. The molecule has 0 aliphatic rings. The minimum Gasteiger partial charge on any atom is -0.492 e. The van der Waals surface area contributed by atoms with Crippen LogP contribution in [0.4, 0.5) is 4.39 Å². The minimum atomic E-state index is -0.751. The highest BCUT2D eigenvalue weighted by Gasteiger charge is 2.22. The fourth-order valence-corrected chi connectivity index (χ4v) is 5.32. The molecule has 0 heterocycles.